The van der Waals surface area contributed by atoms with Gasteiger partial charge in [0.1, 0.15) is 5.01 Å². The second-order valence-electron chi connectivity index (χ2n) is 4.41. The fourth-order valence-electron chi connectivity index (χ4n) is 1.75. The summed E-state index contributed by atoms with van der Waals surface area (Å²) in [5.41, 5.74) is 6.50. The van der Waals surface area contributed by atoms with Crippen LogP contribution >= 0.6 is 36.2 Å². The minimum Gasteiger partial charge on any atom is -0.339 e. The molecular weight excluding hydrogens is 317 g/mol. The molecule has 2 aromatic rings. The normalized spacial score (nSPS) is 11.3. The van der Waals surface area contributed by atoms with Crippen LogP contribution in [0.1, 0.15) is 11.9 Å². The first-order valence-corrected chi connectivity index (χ1v) is 6.73. The van der Waals surface area contributed by atoms with Crippen LogP contribution in [0.3, 0.4) is 0 Å². The van der Waals surface area contributed by atoms with Crippen LogP contribution in [-0.4, -0.2) is 29.4 Å². The molecule has 1 atom stereocenters. The van der Waals surface area contributed by atoms with Gasteiger partial charge >= 0.3 is 0 Å². The highest BCUT2D eigenvalue weighted by atomic mass is 35.5. The Morgan fingerprint density at radius 3 is 2.65 bits per heavy atom. The third kappa shape index (κ3) is 4.31. The zero-order chi connectivity index (χ0) is 13.1. The zero-order valence-electron chi connectivity index (χ0n) is 11.4. The van der Waals surface area contributed by atoms with Gasteiger partial charge in [-0.3, -0.25) is 4.79 Å². The first-order chi connectivity index (χ1) is 8.61. The van der Waals surface area contributed by atoms with Crippen molar-refractivity contribution in [3.8, 4) is 0 Å². The largest absolute Gasteiger partial charge is 0.339 e. The maximum atomic E-state index is 11.9. The molecule has 0 saturated heterocycles. The van der Waals surface area contributed by atoms with Crippen LogP contribution in [0.15, 0.2) is 24.3 Å². The van der Waals surface area contributed by atoms with Gasteiger partial charge in [-0.1, -0.05) is 19.1 Å². The minimum atomic E-state index is -0.135. The molecule has 0 aliphatic carbocycles. The molecule has 1 aromatic carbocycles. The molecule has 1 heterocycles. The van der Waals surface area contributed by atoms with Crippen molar-refractivity contribution < 1.29 is 4.79 Å². The number of aromatic nitrogens is 1. The third-order valence-corrected chi connectivity index (χ3v) is 3.88. The van der Waals surface area contributed by atoms with Gasteiger partial charge in [0.05, 0.1) is 16.8 Å². The van der Waals surface area contributed by atoms with Crippen molar-refractivity contribution in [1.82, 2.24) is 9.88 Å². The Labute approximate surface area is 135 Å². The van der Waals surface area contributed by atoms with E-state index in [2.05, 4.69) is 4.98 Å². The van der Waals surface area contributed by atoms with Gasteiger partial charge in [0, 0.05) is 19.5 Å². The summed E-state index contributed by atoms with van der Waals surface area (Å²) in [6.45, 7) is 2.77. The smallest absolute Gasteiger partial charge is 0.226 e. The average molecular weight is 336 g/mol. The van der Waals surface area contributed by atoms with Gasteiger partial charge in [-0.15, -0.1) is 36.2 Å². The van der Waals surface area contributed by atoms with E-state index in [1.165, 1.54) is 0 Å². The quantitative estimate of drug-likeness (QED) is 0.934. The van der Waals surface area contributed by atoms with Gasteiger partial charge in [0.2, 0.25) is 5.91 Å². The first-order valence-electron chi connectivity index (χ1n) is 5.91. The molecule has 0 aliphatic heterocycles. The molecule has 0 saturated carbocycles. The lowest BCUT2D eigenvalue weighted by Gasteiger charge is -2.19. The number of thiazole rings is 1. The Balaban J connectivity index is 0.00000180. The monoisotopic (exact) mass is 335 g/mol. The molecule has 1 amide bonds. The van der Waals surface area contributed by atoms with Gasteiger partial charge in [-0.05, 0) is 12.1 Å². The summed E-state index contributed by atoms with van der Waals surface area (Å²) in [5, 5.41) is 0.955. The Kier molecular flexibility index (Phi) is 8.05. The number of para-hydroxylation sites is 1. The number of nitrogens with two attached hydrogens (primary N) is 1. The van der Waals surface area contributed by atoms with Crippen molar-refractivity contribution in [2.24, 2.45) is 11.7 Å². The van der Waals surface area contributed by atoms with E-state index in [0.29, 0.717) is 13.1 Å². The molecule has 0 aliphatic rings. The fraction of sp³-hybridized carbons (Fsp3) is 0.385. The van der Waals surface area contributed by atoms with Gasteiger partial charge in [-0.2, -0.15) is 0 Å². The number of hydrogen-bond donors (Lipinski definition) is 1. The third-order valence-electron chi connectivity index (χ3n) is 2.86. The molecule has 0 fully saturated rings. The van der Waals surface area contributed by atoms with Crippen molar-refractivity contribution in [1.29, 1.82) is 0 Å². The van der Waals surface area contributed by atoms with Crippen LogP contribution in [0.25, 0.3) is 10.2 Å². The molecule has 0 bridgehead atoms. The molecule has 0 spiro atoms. The fourth-order valence-corrected chi connectivity index (χ4v) is 2.77. The van der Waals surface area contributed by atoms with Crippen LogP contribution in [0.2, 0.25) is 0 Å². The minimum absolute atomic E-state index is 0. The molecule has 20 heavy (non-hydrogen) atoms. The van der Waals surface area contributed by atoms with Crippen molar-refractivity contribution in [3.63, 3.8) is 0 Å². The molecule has 2 N–H and O–H groups in total. The molecule has 7 heteroatoms. The van der Waals surface area contributed by atoms with Crippen LogP contribution in [0.5, 0.6) is 0 Å². The van der Waals surface area contributed by atoms with Gasteiger partial charge in [0.15, 0.2) is 0 Å². The number of carbonyl (C=O) groups excluding carboxylic acids is 1. The summed E-state index contributed by atoms with van der Waals surface area (Å²) in [4.78, 5) is 18.1. The molecule has 1 aromatic heterocycles. The lowest BCUT2D eigenvalue weighted by Crippen LogP contribution is -2.34. The van der Waals surface area contributed by atoms with E-state index >= 15 is 0 Å². The Morgan fingerprint density at radius 1 is 1.40 bits per heavy atom. The SMILES string of the molecule is CC(CN)C(=O)N(C)Cc1nc2ccccc2s1.Cl.Cl. The summed E-state index contributed by atoms with van der Waals surface area (Å²) in [6, 6.07) is 7.99. The summed E-state index contributed by atoms with van der Waals surface area (Å²) < 4.78 is 1.15. The van der Waals surface area contributed by atoms with Crippen LogP contribution in [-0.2, 0) is 11.3 Å². The van der Waals surface area contributed by atoms with E-state index in [0.717, 1.165) is 15.2 Å². The van der Waals surface area contributed by atoms with Crippen LogP contribution < -0.4 is 5.73 Å². The Bertz CT molecular complexity index is 528. The predicted octanol–water partition coefficient (Wildman–Crippen LogP) is 2.69. The number of nitrogens with zero attached hydrogens (tertiary/aromatic N) is 2. The number of benzene rings is 1. The number of halogens is 2. The summed E-state index contributed by atoms with van der Waals surface area (Å²) >= 11 is 1.63. The highest BCUT2D eigenvalue weighted by Crippen LogP contribution is 2.22. The van der Waals surface area contributed by atoms with E-state index in [1.54, 1.807) is 23.3 Å². The van der Waals surface area contributed by atoms with E-state index in [1.807, 2.05) is 31.2 Å². The predicted molar refractivity (Wildman–Crippen MR) is 88.8 cm³/mol. The maximum absolute atomic E-state index is 11.9. The second kappa shape index (κ2) is 8.42. The Hall–Kier alpha value is -0.880. The van der Waals surface area contributed by atoms with E-state index in [9.17, 15) is 4.79 Å². The van der Waals surface area contributed by atoms with Gasteiger partial charge in [0.25, 0.3) is 0 Å². The molecule has 112 valence electrons. The number of amides is 1. The molecular formula is C13H19Cl2N3OS. The topological polar surface area (TPSA) is 59.2 Å². The lowest BCUT2D eigenvalue weighted by molar-refractivity contribution is -0.133. The summed E-state index contributed by atoms with van der Waals surface area (Å²) in [7, 11) is 1.79. The number of hydrogen-bond acceptors (Lipinski definition) is 4. The van der Waals surface area contributed by atoms with Crippen LogP contribution in [0, 0.1) is 5.92 Å². The zero-order valence-corrected chi connectivity index (χ0v) is 13.9. The summed E-state index contributed by atoms with van der Waals surface area (Å²) in [6.07, 6.45) is 0. The number of rotatable bonds is 4. The van der Waals surface area contributed by atoms with Gasteiger partial charge < -0.3 is 10.6 Å². The van der Waals surface area contributed by atoms with Crippen molar-refractivity contribution >= 4 is 52.3 Å². The molecule has 1 unspecified atom stereocenters. The van der Waals surface area contributed by atoms with E-state index < -0.39 is 0 Å². The summed E-state index contributed by atoms with van der Waals surface area (Å²) in [5.74, 6) is -0.0684. The van der Waals surface area contributed by atoms with Crippen molar-refractivity contribution in [3.05, 3.63) is 29.3 Å². The average Bonchev–Trinajstić information content (AvgIpc) is 2.78. The standard InChI is InChI=1S/C13H17N3OS.2ClH/c1-9(7-14)13(17)16(2)8-12-15-10-5-3-4-6-11(10)18-12;;/h3-6,9H,7-8,14H2,1-2H3;2*1H. The van der Waals surface area contributed by atoms with E-state index in [-0.39, 0.29) is 36.6 Å². The lowest BCUT2D eigenvalue weighted by atomic mass is 10.1. The highest BCUT2D eigenvalue weighted by molar-refractivity contribution is 7.18. The number of carbonyl (C=O) groups is 1. The van der Waals surface area contributed by atoms with Crippen molar-refractivity contribution in [2.45, 2.75) is 13.5 Å². The van der Waals surface area contributed by atoms with Crippen LogP contribution in [0.4, 0.5) is 0 Å². The molecule has 0 radical (unpaired) electrons. The number of fused-ring (bicyclic) bond motifs is 1. The van der Waals surface area contributed by atoms with E-state index in [4.69, 9.17) is 5.73 Å². The first kappa shape index (κ1) is 19.1. The maximum Gasteiger partial charge on any atom is 0.226 e. The van der Waals surface area contributed by atoms with Gasteiger partial charge in [-0.25, -0.2) is 4.98 Å². The molecule has 2 rings (SSSR count). The Morgan fingerprint density at radius 2 is 2.05 bits per heavy atom. The second-order valence-corrected chi connectivity index (χ2v) is 5.52. The molecule has 4 nitrogen and oxygen atoms in total. The highest BCUT2D eigenvalue weighted by Gasteiger charge is 2.17. The van der Waals surface area contributed by atoms with Crippen molar-refractivity contribution in [2.75, 3.05) is 13.6 Å².